The topological polar surface area (TPSA) is 125 Å². The molecule has 1 N–H and O–H groups in total. The highest BCUT2D eigenvalue weighted by Crippen LogP contribution is 2.31. The van der Waals surface area contributed by atoms with Crippen LogP contribution < -0.4 is 10.1 Å². The van der Waals surface area contributed by atoms with Gasteiger partial charge < -0.3 is 14.8 Å². The minimum Gasteiger partial charge on any atom is -0.497 e. The Labute approximate surface area is 202 Å². The van der Waals surface area contributed by atoms with Crippen molar-refractivity contribution in [3.63, 3.8) is 0 Å². The van der Waals surface area contributed by atoms with Crippen LogP contribution in [0.5, 0.6) is 5.75 Å². The summed E-state index contributed by atoms with van der Waals surface area (Å²) in [6.45, 7) is 3.82. The van der Waals surface area contributed by atoms with Gasteiger partial charge in [0.1, 0.15) is 11.3 Å². The maximum atomic E-state index is 13.4. The van der Waals surface area contributed by atoms with Crippen molar-refractivity contribution in [2.45, 2.75) is 30.3 Å². The predicted octanol–water partition coefficient (Wildman–Crippen LogP) is 3.30. The van der Waals surface area contributed by atoms with Gasteiger partial charge in [-0.1, -0.05) is 6.07 Å². The highest BCUT2D eigenvalue weighted by Gasteiger charge is 2.25. The van der Waals surface area contributed by atoms with E-state index in [9.17, 15) is 13.2 Å². The molecule has 3 aromatic heterocycles. The largest absolute Gasteiger partial charge is 0.497 e. The Morgan fingerprint density at radius 1 is 1.14 bits per heavy atom. The Kier molecular flexibility index (Phi) is 6.70. The first kappa shape index (κ1) is 24.1. The van der Waals surface area contributed by atoms with Gasteiger partial charge in [0.2, 0.25) is 9.84 Å². The number of fused-ring (bicyclic) bond motifs is 1. The minimum atomic E-state index is -3.91. The number of carbonyl (C=O) groups is 1. The van der Waals surface area contributed by atoms with Crippen molar-refractivity contribution in [1.29, 1.82) is 0 Å². The van der Waals surface area contributed by atoms with Gasteiger partial charge in [-0.3, -0.25) is 4.68 Å². The van der Waals surface area contributed by atoms with Crippen molar-refractivity contribution >= 4 is 32.5 Å². The van der Waals surface area contributed by atoms with Crippen molar-refractivity contribution in [1.82, 2.24) is 19.7 Å². The van der Waals surface area contributed by atoms with Gasteiger partial charge in [0.15, 0.2) is 10.7 Å². The number of ether oxygens (including phenoxy) is 2. The summed E-state index contributed by atoms with van der Waals surface area (Å²) in [6, 6.07) is 9.45. The smallest absolute Gasteiger partial charge is 0.341 e. The van der Waals surface area contributed by atoms with Crippen molar-refractivity contribution in [3.05, 3.63) is 65.6 Å². The zero-order chi connectivity index (χ0) is 25.2. The monoisotopic (exact) mass is 495 g/mol. The molecule has 0 aliphatic heterocycles. The van der Waals surface area contributed by atoms with E-state index < -0.39 is 15.8 Å². The fraction of sp³-hybridized carbons (Fsp3) is 0.250. The molecule has 0 spiro atoms. The van der Waals surface area contributed by atoms with Gasteiger partial charge in [-0.25, -0.2) is 23.2 Å². The summed E-state index contributed by atoms with van der Waals surface area (Å²) in [6.07, 6.45) is 2.86. The number of nitrogens with one attached hydrogen (secondary N) is 1. The number of rotatable bonds is 8. The molecule has 4 aromatic rings. The number of methoxy groups -OCH3 is 1. The molecule has 3 heterocycles. The molecule has 35 heavy (non-hydrogen) atoms. The van der Waals surface area contributed by atoms with Crippen molar-refractivity contribution < 1.29 is 22.7 Å². The molecule has 0 unspecified atom stereocenters. The minimum absolute atomic E-state index is 0.0800. The quantitative estimate of drug-likeness (QED) is 0.366. The lowest BCUT2D eigenvalue weighted by molar-refractivity contribution is 0.0527. The Bertz CT molecular complexity index is 1500. The van der Waals surface area contributed by atoms with Gasteiger partial charge in [-0.05, 0) is 44.2 Å². The summed E-state index contributed by atoms with van der Waals surface area (Å²) < 4.78 is 38.7. The third-order valence-electron chi connectivity index (χ3n) is 5.45. The second kappa shape index (κ2) is 9.71. The van der Waals surface area contributed by atoms with Crippen molar-refractivity contribution in [2.75, 3.05) is 19.0 Å². The van der Waals surface area contributed by atoms with Crippen LogP contribution in [-0.4, -0.2) is 47.9 Å². The van der Waals surface area contributed by atoms with E-state index in [2.05, 4.69) is 20.4 Å². The number of carbonyl (C=O) groups excluding carboxylic acids is 1. The molecule has 11 heteroatoms. The molecule has 0 aliphatic carbocycles. The number of aromatic nitrogens is 4. The highest BCUT2D eigenvalue weighted by atomic mass is 32.2. The zero-order valence-electron chi connectivity index (χ0n) is 19.8. The Hall–Kier alpha value is -3.99. The van der Waals surface area contributed by atoms with Crippen molar-refractivity contribution in [3.8, 4) is 5.75 Å². The van der Waals surface area contributed by atoms with Crippen molar-refractivity contribution in [2.24, 2.45) is 7.05 Å². The number of benzene rings is 1. The van der Waals surface area contributed by atoms with Gasteiger partial charge >= 0.3 is 5.97 Å². The molecule has 0 saturated carbocycles. The lowest BCUT2D eigenvalue weighted by Crippen LogP contribution is -2.14. The zero-order valence-corrected chi connectivity index (χ0v) is 20.6. The number of hydrogen-bond acceptors (Lipinski definition) is 9. The molecule has 182 valence electrons. The first-order valence-electron chi connectivity index (χ1n) is 10.8. The second-order valence-electron chi connectivity index (χ2n) is 7.68. The molecular formula is C24H25N5O5S. The Morgan fingerprint density at radius 3 is 2.57 bits per heavy atom. The van der Waals surface area contributed by atoms with E-state index in [4.69, 9.17) is 9.47 Å². The molecule has 0 atom stereocenters. The summed E-state index contributed by atoms with van der Waals surface area (Å²) in [7, 11) is -0.636. The average molecular weight is 496 g/mol. The molecule has 0 aliphatic rings. The molecule has 0 fully saturated rings. The Balaban J connectivity index is 1.75. The molecular weight excluding hydrogens is 470 g/mol. The van der Waals surface area contributed by atoms with Crippen LogP contribution in [0.1, 0.15) is 28.5 Å². The molecule has 10 nitrogen and oxygen atoms in total. The van der Waals surface area contributed by atoms with Crippen LogP contribution in [0.3, 0.4) is 0 Å². The summed E-state index contributed by atoms with van der Waals surface area (Å²) in [4.78, 5) is 21.3. The lowest BCUT2D eigenvalue weighted by Gasteiger charge is -2.15. The van der Waals surface area contributed by atoms with Gasteiger partial charge in [-0.2, -0.15) is 5.10 Å². The molecule has 1 aromatic carbocycles. The van der Waals surface area contributed by atoms with Gasteiger partial charge in [0.05, 0.1) is 35.4 Å². The van der Waals surface area contributed by atoms with Gasteiger partial charge in [0.25, 0.3) is 0 Å². The van der Waals surface area contributed by atoms with Crippen LogP contribution in [0.15, 0.2) is 58.7 Å². The molecule has 0 saturated heterocycles. The predicted molar refractivity (Wildman–Crippen MR) is 129 cm³/mol. The van der Waals surface area contributed by atoms with E-state index in [1.54, 1.807) is 42.9 Å². The standard InChI is InChI=1S/C24H25N5O5S/c1-5-34-24(30)19-14-27-22-20(15(2)28-29(22)3)21(19)26-13-16-7-6-12-25-23(16)35(31,32)18-10-8-17(33-4)9-11-18/h6-12,14H,5,13H2,1-4H3,(H,26,27). The van der Waals surface area contributed by atoms with Crippen LogP contribution in [0.4, 0.5) is 5.69 Å². The molecule has 0 amide bonds. The summed E-state index contributed by atoms with van der Waals surface area (Å²) in [5, 5.41) is 8.21. The third-order valence-corrected chi connectivity index (χ3v) is 7.22. The highest BCUT2D eigenvalue weighted by molar-refractivity contribution is 7.91. The number of pyridine rings is 2. The number of nitrogens with zero attached hydrogens (tertiary/aromatic N) is 4. The number of aryl methyl sites for hydroxylation is 2. The number of sulfone groups is 1. The normalized spacial score (nSPS) is 11.4. The number of esters is 1. The molecule has 0 bridgehead atoms. The molecule has 4 rings (SSSR count). The summed E-state index contributed by atoms with van der Waals surface area (Å²) in [5.74, 6) is 0.0109. The summed E-state index contributed by atoms with van der Waals surface area (Å²) >= 11 is 0. The van der Waals surface area contributed by atoms with Gasteiger partial charge in [-0.15, -0.1) is 0 Å². The van der Waals surface area contributed by atoms with Crippen LogP contribution >= 0.6 is 0 Å². The lowest BCUT2D eigenvalue weighted by atomic mass is 10.1. The maximum absolute atomic E-state index is 13.4. The number of anilines is 1. The number of hydrogen-bond donors (Lipinski definition) is 1. The van der Waals surface area contributed by atoms with Crippen LogP contribution in [-0.2, 0) is 28.2 Å². The van der Waals surface area contributed by atoms with Crippen LogP contribution in [0, 0.1) is 6.92 Å². The summed E-state index contributed by atoms with van der Waals surface area (Å²) in [5.41, 5.74) is 2.38. The fourth-order valence-electron chi connectivity index (χ4n) is 3.81. The van der Waals surface area contributed by atoms with E-state index in [0.29, 0.717) is 33.7 Å². The van der Waals surface area contributed by atoms with E-state index in [1.807, 2.05) is 6.92 Å². The third kappa shape index (κ3) is 4.54. The first-order chi connectivity index (χ1) is 16.8. The Morgan fingerprint density at radius 2 is 1.89 bits per heavy atom. The average Bonchev–Trinajstić information content (AvgIpc) is 3.16. The maximum Gasteiger partial charge on any atom is 0.341 e. The van der Waals surface area contributed by atoms with E-state index in [-0.39, 0.29) is 28.6 Å². The van der Waals surface area contributed by atoms with Crippen LogP contribution in [0.25, 0.3) is 11.0 Å². The first-order valence-corrected chi connectivity index (χ1v) is 12.3. The van der Waals surface area contributed by atoms with E-state index in [0.717, 1.165) is 0 Å². The van der Waals surface area contributed by atoms with E-state index >= 15 is 0 Å². The van der Waals surface area contributed by atoms with Crippen LogP contribution in [0.2, 0.25) is 0 Å². The fourth-order valence-corrected chi connectivity index (χ4v) is 5.21. The molecule has 0 radical (unpaired) electrons. The second-order valence-corrected chi connectivity index (χ2v) is 9.54. The SMILES string of the molecule is CCOC(=O)c1cnc2c(c(C)nn2C)c1NCc1cccnc1S(=O)(=O)c1ccc(OC)cc1. The van der Waals surface area contributed by atoms with E-state index in [1.165, 1.54) is 31.6 Å². The van der Waals surface area contributed by atoms with Gasteiger partial charge in [0, 0.05) is 31.5 Å².